The molecule has 0 bridgehead atoms. The van der Waals surface area contributed by atoms with Gasteiger partial charge in [-0.25, -0.2) is 9.13 Å². The fourth-order valence-corrected chi connectivity index (χ4v) is 10.3. The number of rotatable bonds is 65. The summed E-state index contributed by atoms with van der Waals surface area (Å²) in [6, 6.07) is 0. The number of unbranched alkanes of at least 4 members (excludes halogenated alkanes) is 18. The van der Waals surface area contributed by atoms with E-state index in [9.17, 15) is 43.5 Å². The lowest BCUT2D eigenvalue weighted by molar-refractivity contribution is -0.161. The summed E-state index contributed by atoms with van der Waals surface area (Å²) in [6.07, 6.45) is 80.4. The molecule has 5 unspecified atom stereocenters. The van der Waals surface area contributed by atoms with E-state index < -0.39 is 91.5 Å². The molecule has 0 rings (SSSR count). The summed E-state index contributed by atoms with van der Waals surface area (Å²) in [5, 5.41) is 20.5. The van der Waals surface area contributed by atoms with E-state index in [1.807, 2.05) is 0 Å². The van der Waals surface area contributed by atoms with Crippen molar-refractivity contribution in [1.82, 2.24) is 0 Å². The van der Waals surface area contributed by atoms with Crippen molar-refractivity contribution in [2.24, 2.45) is 0 Å². The number of aliphatic hydroxyl groups is 2. The Hall–Kier alpha value is -4.57. The number of aliphatic hydroxyl groups excluding tert-OH is 2. The van der Waals surface area contributed by atoms with Gasteiger partial charge in [0.1, 0.15) is 25.4 Å². The predicted octanol–water partition coefficient (Wildman–Crippen LogP) is 19.8. The quantitative estimate of drug-likeness (QED) is 0.0146. The van der Waals surface area contributed by atoms with Crippen molar-refractivity contribution in [3.8, 4) is 0 Å². The smallest absolute Gasteiger partial charge is 0.463 e. The van der Waals surface area contributed by atoms with Gasteiger partial charge in [-0.3, -0.25) is 32.5 Å². The van der Waals surface area contributed by atoms with Gasteiger partial charge in [-0.15, -0.1) is 0 Å². The number of ether oxygens (including phenoxy) is 3. The fraction of sp³-hybridized carbons (Fsp3) is 0.640. The van der Waals surface area contributed by atoms with Gasteiger partial charge in [0.15, 0.2) is 6.10 Å². The zero-order valence-electron chi connectivity index (χ0n) is 57.4. The van der Waals surface area contributed by atoms with Gasteiger partial charge in [0.2, 0.25) is 0 Å². The van der Waals surface area contributed by atoms with Gasteiger partial charge in [-0.05, 0) is 122 Å². The number of phosphoric acid groups is 2. The van der Waals surface area contributed by atoms with Gasteiger partial charge in [0.05, 0.1) is 26.4 Å². The number of carbonyl (C=O) groups excluding carboxylic acids is 3. The van der Waals surface area contributed by atoms with E-state index in [4.69, 9.17) is 32.3 Å². The number of allylic oxidation sites excluding steroid dienone is 24. The van der Waals surface area contributed by atoms with Crippen LogP contribution in [-0.2, 0) is 55.8 Å². The molecule has 0 aromatic rings. The van der Waals surface area contributed by atoms with Crippen molar-refractivity contribution in [2.75, 3.05) is 39.6 Å². The number of esters is 3. The van der Waals surface area contributed by atoms with Crippen molar-refractivity contribution in [1.29, 1.82) is 0 Å². The number of hydrogen-bond donors (Lipinski definition) is 4. The highest BCUT2D eigenvalue weighted by atomic mass is 31.2. The lowest BCUT2D eigenvalue weighted by Crippen LogP contribution is -2.30. The van der Waals surface area contributed by atoms with Crippen molar-refractivity contribution in [2.45, 2.75) is 270 Å². The Morgan fingerprint density at radius 2 is 0.570 bits per heavy atom. The Kier molecular flexibility index (Phi) is 64.1. The zero-order valence-corrected chi connectivity index (χ0v) is 59.2. The van der Waals surface area contributed by atoms with E-state index in [0.29, 0.717) is 19.3 Å². The molecular formula is C75H124O16P2. The third kappa shape index (κ3) is 68.6. The molecule has 18 heteroatoms. The van der Waals surface area contributed by atoms with Gasteiger partial charge in [-0.2, -0.15) is 0 Å². The maximum Gasteiger partial charge on any atom is 0.472 e. The average molecular weight is 1340 g/mol. The minimum Gasteiger partial charge on any atom is -0.463 e. The Balaban J connectivity index is 4.63. The molecule has 0 saturated heterocycles. The maximum absolute atomic E-state index is 12.9. The SMILES string of the molecule is CC/C=C\C/C=C\C/C=C\C/C=C\C/C=C\C/C=C\CCCCCCC(=O)OCC(O)COP(=O)(O)OCC(O)COP(=O)(O)OCC(COC(=O)CCCCCC/C=C\C/C=C\C/C=C\C/C=C\C/C=C\C/C=C\CC)OC(=O)CCCCCCCCCCCCC. The second-order valence-corrected chi connectivity index (χ2v) is 25.8. The van der Waals surface area contributed by atoms with Crippen molar-refractivity contribution in [3.63, 3.8) is 0 Å². The van der Waals surface area contributed by atoms with Crippen LogP contribution in [0.15, 0.2) is 146 Å². The molecule has 0 aliphatic heterocycles. The largest absolute Gasteiger partial charge is 0.472 e. The molecule has 530 valence electrons. The Bertz CT molecular complexity index is 2280. The minimum atomic E-state index is -4.93. The zero-order chi connectivity index (χ0) is 68.1. The fourth-order valence-electron chi connectivity index (χ4n) is 8.75. The Labute approximate surface area is 562 Å². The molecule has 4 N–H and O–H groups in total. The van der Waals surface area contributed by atoms with Crippen molar-refractivity contribution >= 4 is 33.6 Å². The number of hydrogen-bond acceptors (Lipinski definition) is 14. The van der Waals surface area contributed by atoms with Crippen LogP contribution in [-0.4, -0.2) is 95.9 Å². The molecule has 0 aliphatic rings. The standard InChI is InChI=1S/C75H124O16P2/c1-4-7-10-13-16-19-22-24-26-28-30-32-34-36-38-40-42-44-47-49-52-55-58-61-73(78)85-64-70(76)65-87-92(81,82)88-66-71(77)67-89-93(83,84)90-69-72(91-75(80)63-60-57-54-51-46-21-18-15-12-9-6-3)68-86-74(79)62-59-56-53-50-48-45-43-41-39-37-35-33-31-29-27-25-23-20-17-14-11-8-5-2/h7-8,10-11,16-17,19-20,24-27,30-33,36-39,42-45,70-72,76-77H,4-6,9,12-15,18,21-23,28-29,34-35,40-41,46-69H2,1-3H3,(H,81,82)(H,83,84)/b10-7-,11-8-,19-16-,20-17-,26-24-,27-25-,32-30-,33-31-,38-36-,39-37-,44-42-,45-43-. The first-order valence-corrected chi connectivity index (χ1v) is 38.1. The predicted molar refractivity (Wildman–Crippen MR) is 380 cm³/mol. The van der Waals surface area contributed by atoms with E-state index in [1.54, 1.807) is 0 Å². The van der Waals surface area contributed by atoms with Crippen LogP contribution in [0.3, 0.4) is 0 Å². The summed E-state index contributed by atoms with van der Waals surface area (Å²) < 4.78 is 60.8. The van der Waals surface area contributed by atoms with E-state index in [1.165, 1.54) is 38.5 Å². The molecule has 0 saturated carbocycles. The summed E-state index contributed by atoms with van der Waals surface area (Å²) in [5.41, 5.74) is 0. The third-order valence-electron chi connectivity index (χ3n) is 14.1. The maximum atomic E-state index is 12.9. The molecule has 5 atom stereocenters. The number of phosphoric ester groups is 2. The Morgan fingerprint density at radius 3 is 0.903 bits per heavy atom. The molecule has 0 spiro atoms. The second-order valence-electron chi connectivity index (χ2n) is 22.9. The normalized spacial score (nSPS) is 15.0. The lowest BCUT2D eigenvalue weighted by atomic mass is 10.1. The van der Waals surface area contributed by atoms with Crippen LogP contribution < -0.4 is 0 Å². The summed E-state index contributed by atoms with van der Waals surface area (Å²) in [5.74, 6) is -1.63. The molecule has 0 heterocycles. The van der Waals surface area contributed by atoms with Crippen LogP contribution in [0.4, 0.5) is 0 Å². The van der Waals surface area contributed by atoms with Crippen LogP contribution in [0.2, 0.25) is 0 Å². The third-order valence-corrected chi connectivity index (χ3v) is 16.0. The highest BCUT2D eigenvalue weighted by Gasteiger charge is 2.29. The molecule has 0 fully saturated rings. The van der Waals surface area contributed by atoms with Crippen LogP contribution in [0.25, 0.3) is 0 Å². The van der Waals surface area contributed by atoms with Gasteiger partial charge in [0.25, 0.3) is 0 Å². The van der Waals surface area contributed by atoms with E-state index >= 15 is 0 Å². The molecule has 0 radical (unpaired) electrons. The van der Waals surface area contributed by atoms with E-state index in [-0.39, 0.29) is 19.3 Å². The second kappa shape index (κ2) is 67.4. The first-order chi connectivity index (χ1) is 45.2. The molecule has 93 heavy (non-hydrogen) atoms. The minimum absolute atomic E-state index is 0.0957. The van der Waals surface area contributed by atoms with Gasteiger partial charge < -0.3 is 34.2 Å². The highest BCUT2D eigenvalue weighted by Crippen LogP contribution is 2.45. The van der Waals surface area contributed by atoms with Crippen LogP contribution in [0, 0.1) is 0 Å². The summed E-state index contributed by atoms with van der Waals surface area (Å²) in [7, 11) is -9.80. The van der Waals surface area contributed by atoms with Gasteiger partial charge in [0, 0.05) is 19.3 Å². The average Bonchev–Trinajstić information content (AvgIpc) is 2.44. The molecular weight excluding hydrogens is 1220 g/mol. The van der Waals surface area contributed by atoms with Gasteiger partial charge in [-0.1, -0.05) is 256 Å². The first-order valence-electron chi connectivity index (χ1n) is 35.1. The van der Waals surface area contributed by atoms with Crippen LogP contribution in [0.5, 0.6) is 0 Å². The topological polar surface area (TPSA) is 231 Å². The lowest BCUT2D eigenvalue weighted by Gasteiger charge is -2.21. The van der Waals surface area contributed by atoms with Gasteiger partial charge >= 0.3 is 33.6 Å². The molecule has 0 aromatic heterocycles. The van der Waals surface area contributed by atoms with E-state index in [2.05, 4.69) is 167 Å². The summed E-state index contributed by atoms with van der Waals surface area (Å²) in [6.45, 7) is 2.35. The summed E-state index contributed by atoms with van der Waals surface area (Å²) >= 11 is 0. The molecule has 0 amide bonds. The summed E-state index contributed by atoms with van der Waals surface area (Å²) in [4.78, 5) is 58.4. The molecule has 0 aliphatic carbocycles. The molecule has 16 nitrogen and oxygen atoms in total. The monoisotopic (exact) mass is 1340 g/mol. The molecule has 0 aromatic carbocycles. The first kappa shape index (κ1) is 88.4. The highest BCUT2D eigenvalue weighted by molar-refractivity contribution is 7.47. The van der Waals surface area contributed by atoms with Crippen LogP contribution >= 0.6 is 15.6 Å². The van der Waals surface area contributed by atoms with Crippen LogP contribution in [0.1, 0.15) is 252 Å². The van der Waals surface area contributed by atoms with Crippen molar-refractivity contribution < 1.29 is 75.8 Å². The Morgan fingerprint density at radius 1 is 0.312 bits per heavy atom. The van der Waals surface area contributed by atoms with E-state index in [0.717, 1.165) is 154 Å². The number of carbonyl (C=O) groups is 3. The van der Waals surface area contributed by atoms with Crippen molar-refractivity contribution in [3.05, 3.63) is 146 Å².